The van der Waals surface area contributed by atoms with Crippen LogP contribution in [0.5, 0.6) is 0 Å². The Kier molecular flexibility index (Phi) is 6.01. The topological polar surface area (TPSA) is 49.4 Å². The van der Waals surface area contributed by atoms with E-state index >= 15 is 0 Å². The lowest BCUT2D eigenvalue weighted by Gasteiger charge is -2.28. The molecule has 1 N–H and O–H groups in total. The van der Waals surface area contributed by atoms with Gasteiger partial charge >= 0.3 is 0 Å². The number of sulfonamides is 1. The quantitative estimate of drug-likeness (QED) is 0.751. The molecule has 2 aromatic carbocycles. The fourth-order valence-electron chi connectivity index (χ4n) is 3.22. The van der Waals surface area contributed by atoms with Gasteiger partial charge in [0.2, 0.25) is 10.0 Å². The van der Waals surface area contributed by atoms with Crippen LogP contribution in [0, 0.1) is 11.6 Å². The van der Waals surface area contributed by atoms with Crippen molar-refractivity contribution in [1.29, 1.82) is 0 Å². The Hall–Kier alpha value is -1.83. The van der Waals surface area contributed by atoms with Gasteiger partial charge in [0.05, 0.1) is 0 Å². The molecule has 0 saturated heterocycles. The van der Waals surface area contributed by atoms with Crippen LogP contribution in [0.3, 0.4) is 0 Å². The fraction of sp³-hybridized carbons (Fsp3) is 0.368. The molecule has 2 aromatic rings. The fourth-order valence-corrected chi connectivity index (χ4v) is 4.43. The van der Waals surface area contributed by atoms with Crippen LogP contribution in [-0.4, -0.2) is 33.0 Å². The van der Waals surface area contributed by atoms with Crippen LogP contribution in [0.2, 0.25) is 0 Å². The van der Waals surface area contributed by atoms with Crippen molar-refractivity contribution in [3.05, 3.63) is 65.2 Å². The average Bonchev–Trinajstić information content (AvgIpc) is 2.61. The molecule has 3 rings (SSSR count). The molecule has 0 amide bonds. The molecular formula is C19H22F2N2O2S. The van der Waals surface area contributed by atoms with E-state index in [0.29, 0.717) is 6.42 Å². The van der Waals surface area contributed by atoms with Crippen LogP contribution < -0.4 is 4.72 Å². The van der Waals surface area contributed by atoms with Crippen molar-refractivity contribution in [1.82, 2.24) is 9.62 Å². The van der Waals surface area contributed by atoms with Crippen molar-refractivity contribution in [3.63, 3.8) is 0 Å². The van der Waals surface area contributed by atoms with Gasteiger partial charge < -0.3 is 0 Å². The third kappa shape index (κ3) is 4.47. The molecule has 0 saturated carbocycles. The standard InChI is InChI=1S/C19H22F2N2O2S/c20-17-8-5-9-18(21)19(17)26(24,25)22-11-3-4-12-23-13-10-15-6-1-2-7-16(15)14-23/h1-2,5-9,22H,3-4,10-14H2. The lowest BCUT2D eigenvalue weighted by atomic mass is 10.00. The van der Waals surface area contributed by atoms with Crippen molar-refractivity contribution in [2.24, 2.45) is 0 Å². The van der Waals surface area contributed by atoms with Gasteiger partial charge in [-0.2, -0.15) is 0 Å². The summed E-state index contributed by atoms with van der Waals surface area (Å²) in [6, 6.07) is 11.4. The van der Waals surface area contributed by atoms with Gasteiger partial charge in [-0.05, 0) is 49.1 Å². The Bertz CT molecular complexity index is 851. The Balaban J connectivity index is 1.45. The van der Waals surface area contributed by atoms with Crippen LogP contribution >= 0.6 is 0 Å². The molecule has 0 unspecified atom stereocenters. The molecule has 0 atom stereocenters. The molecule has 0 spiro atoms. The van der Waals surface area contributed by atoms with Crippen molar-refractivity contribution in [2.45, 2.75) is 30.7 Å². The van der Waals surface area contributed by atoms with Crippen molar-refractivity contribution >= 4 is 10.0 Å². The highest BCUT2D eigenvalue weighted by atomic mass is 32.2. The normalized spacial score (nSPS) is 15.0. The van der Waals surface area contributed by atoms with E-state index in [4.69, 9.17) is 0 Å². The maximum absolute atomic E-state index is 13.6. The van der Waals surface area contributed by atoms with E-state index in [1.165, 1.54) is 11.1 Å². The van der Waals surface area contributed by atoms with Crippen molar-refractivity contribution in [3.8, 4) is 0 Å². The predicted molar refractivity (Wildman–Crippen MR) is 96.2 cm³/mol. The summed E-state index contributed by atoms with van der Waals surface area (Å²) >= 11 is 0. The summed E-state index contributed by atoms with van der Waals surface area (Å²) in [7, 11) is -4.18. The summed E-state index contributed by atoms with van der Waals surface area (Å²) in [5.74, 6) is -2.16. The highest BCUT2D eigenvalue weighted by Crippen LogP contribution is 2.19. The van der Waals surface area contributed by atoms with Gasteiger partial charge in [0.15, 0.2) is 4.90 Å². The first-order chi connectivity index (χ1) is 12.5. The zero-order valence-corrected chi connectivity index (χ0v) is 15.2. The van der Waals surface area contributed by atoms with Crippen LogP contribution in [0.1, 0.15) is 24.0 Å². The van der Waals surface area contributed by atoms with Crippen LogP contribution in [0.25, 0.3) is 0 Å². The number of nitrogens with one attached hydrogen (secondary N) is 1. The minimum Gasteiger partial charge on any atom is -0.299 e. The van der Waals surface area contributed by atoms with Gasteiger partial charge in [0.25, 0.3) is 0 Å². The SMILES string of the molecule is O=S(=O)(NCCCCN1CCc2ccccc2C1)c1c(F)cccc1F. The first kappa shape index (κ1) is 18.9. The van der Waals surface area contributed by atoms with Crippen LogP contribution in [0.4, 0.5) is 8.78 Å². The maximum Gasteiger partial charge on any atom is 0.246 e. The number of hydrogen-bond donors (Lipinski definition) is 1. The van der Waals surface area contributed by atoms with Crippen molar-refractivity contribution < 1.29 is 17.2 Å². The minimum absolute atomic E-state index is 0.153. The Morgan fingerprint density at radius 1 is 0.962 bits per heavy atom. The lowest BCUT2D eigenvalue weighted by Crippen LogP contribution is -2.32. The summed E-state index contributed by atoms with van der Waals surface area (Å²) in [6.07, 6.45) is 2.44. The monoisotopic (exact) mass is 380 g/mol. The summed E-state index contributed by atoms with van der Waals surface area (Å²) < 4.78 is 53.7. The van der Waals surface area contributed by atoms with E-state index < -0.39 is 26.6 Å². The van der Waals surface area contributed by atoms with E-state index in [-0.39, 0.29) is 6.54 Å². The molecule has 4 nitrogen and oxygen atoms in total. The van der Waals surface area contributed by atoms with Gasteiger partial charge in [-0.3, -0.25) is 4.90 Å². The number of hydrogen-bond acceptors (Lipinski definition) is 3. The molecule has 1 heterocycles. The zero-order chi connectivity index (χ0) is 18.6. The number of rotatable bonds is 7. The highest BCUT2D eigenvalue weighted by molar-refractivity contribution is 7.89. The Morgan fingerprint density at radius 2 is 1.65 bits per heavy atom. The molecule has 1 aliphatic rings. The Morgan fingerprint density at radius 3 is 2.38 bits per heavy atom. The van der Waals surface area contributed by atoms with Crippen LogP contribution in [-0.2, 0) is 23.0 Å². The minimum atomic E-state index is -4.18. The third-order valence-corrected chi connectivity index (χ3v) is 6.10. The number of unbranched alkanes of at least 4 members (excludes halogenated alkanes) is 1. The first-order valence-electron chi connectivity index (χ1n) is 8.70. The molecule has 1 aliphatic heterocycles. The second kappa shape index (κ2) is 8.24. The van der Waals surface area contributed by atoms with Gasteiger partial charge in [0, 0.05) is 19.6 Å². The lowest BCUT2D eigenvalue weighted by molar-refractivity contribution is 0.249. The first-order valence-corrected chi connectivity index (χ1v) is 10.2. The average molecular weight is 380 g/mol. The molecular weight excluding hydrogens is 358 g/mol. The molecule has 0 aromatic heterocycles. The van der Waals surface area contributed by atoms with Gasteiger partial charge in [0.1, 0.15) is 11.6 Å². The molecule has 0 radical (unpaired) electrons. The zero-order valence-electron chi connectivity index (χ0n) is 14.4. The second-order valence-electron chi connectivity index (χ2n) is 6.45. The molecule has 0 bridgehead atoms. The smallest absolute Gasteiger partial charge is 0.246 e. The van der Waals surface area contributed by atoms with Crippen molar-refractivity contribution in [2.75, 3.05) is 19.6 Å². The van der Waals surface area contributed by atoms with E-state index in [9.17, 15) is 17.2 Å². The molecule has 0 fully saturated rings. The number of fused-ring (bicyclic) bond motifs is 1. The van der Waals surface area contributed by atoms with E-state index in [1.54, 1.807) is 0 Å². The summed E-state index contributed by atoms with van der Waals surface area (Å²) in [6.45, 7) is 2.91. The third-order valence-electron chi connectivity index (χ3n) is 4.59. The van der Waals surface area contributed by atoms with Gasteiger partial charge in [-0.1, -0.05) is 30.3 Å². The second-order valence-corrected chi connectivity index (χ2v) is 8.15. The van der Waals surface area contributed by atoms with E-state index in [0.717, 1.165) is 50.7 Å². The number of benzene rings is 2. The molecule has 0 aliphatic carbocycles. The Labute approximate surface area is 152 Å². The number of halogens is 2. The summed E-state index contributed by atoms with van der Waals surface area (Å²) in [4.78, 5) is 1.43. The number of nitrogens with zero attached hydrogens (tertiary/aromatic N) is 1. The van der Waals surface area contributed by atoms with Gasteiger partial charge in [-0.25, -0.2) is 21.9 Å². The van der Waals surface area contributed by atoms with E-state index in [2.05, 4.69) is 27.8 Å². The largest absolute Gasteiger partial charge is 0.299 e. The van der Waals surface area contributed by atoms with Gasteiger partial charge in [-0.15, -0.1) is 0 Å². The predicted octanol–water partition coefficient (Wildman–Crippen LogP) is 3.08. The maximum atomic E-state index is 13.6. The van der Waals surface area contributed by atoms with E-state index in [1.807, 2.05) is 6.07 Å². The highest BCUT2D eigenvalue weighted by Gasteiger charge is 2.23. The molecule has 26 heavy (non-hydrogen) atoms. The van der Waals surface area contributed by atoms with Crippen LogP contribution in [0.15, 0.2) is 47.4 Å². The summed E-state index contributed by atoms with van der Waals surface area (Å²) in [5.41, 5.74) is 2.73. The summed E-state index contributed by atoms with van der Waals surface area (Å²) in [5, 5.41) is 0. The molecule has 7 heteroatoms. The molecule has 140 valence electrons.